The fraction of sp³-hybridized carbons (Fsp3) is 0.480. The molecule has 0 N–H and O–H groups in total. The molecule has 2 aromatic carbocycles. The fourth-order valence-corrected chi connectivity index (χ4v) is 5.79. The van der Waals surface area contributed by atoms with Crippen LogP contribution in [0.5, 0.6) is 0 Å². The standard InChI is InChI=1S/C25H28F3NO2/c1-16(2)22-20-13-14-29(21(22)15-17-9-7-8-12-19(17)20)23(30)24(31-3,25(26,27)28)18-10-5-4-6-11-18/h4-12,16,20-22H,13-15H2,1-3H3/t20-,21+,22+,24+/m0/s1. The Morgan fingerprint density at radius 1 is 1.06 bits per heavy atom. The van der Waals surface area contributed by atoms with E-state index in [4.69, 9.17) is 4.74 Å². The number of alkyl halides is 3. The monoisotopic (exact) mass is 431 g/mol. The van der Waals surface area contributed by atoms with Crippen LogP contribution in [0.2, 0.25) is 0 Å². The number of ether oxygens (including phenoxy) is 1. The maximum Gasteiger partial charge on any atom is 0.430 e. The number of methoxy groups -OCH3 is 1. The van der Waals surface area contributed by atoms with E-state index >= 15 is 0 Å². The molecule has 4 rings (SSSR count). The lowest BCUT2D eigenvalue weighted by atomic mass is 9.64. The molecule has 1 aliphatic carbocycles. The van der Waals surface area contributed by atoms with Crippen molar-refractivity contribution in [1.82, 2.24) is 4.90 Å². The van der Waals surface area contributed by atoms with Crippen molar-refractivity contribution in [3.63, 3.8) is 0 Å². The highest BCUT2D eigenvalue weighted by Crippen LogP contribution is 2.50. The minimum absolute atomic E-state index is 0.103. The average Bonchev–Trinajstić information content (AvgIpc) is 2.74. The Balaban J connectivity index is 1.80. The van der Waals surface area contributed by atoms with Crippen LogP contribution in [-0.2, 0) is 21.6 Å². The van der Waals surface area contributed by atoms with E-state index in [1.54, 1.807) is 6.07 Å². The van der Waals surface area contributed by atoms with Gasteiger partial charge in [-0.3, -0.25) is 4.79 Å². The van der Waals surface area contributed by atoms with Gasteiger partial charge in [-0.2, -0.15) is 13.2 Å². The number of benzene rings is 2. The van der Waals surface area contributed by atoms with E-state index in [0.29, 0.717) is 19.4 Å². The first kappa shape index (κ1) is 21.9. The number of halogens is 3. The van der Waals surface area contributed by atoms with Crippen molar-refractivity contribution in [1.29, 1.82) is 0 Å². The summed E-state index contributed by atoms with van der Waals surface area (Å²) in [7, 11) is 0.973. The average molecular weight is 431 g/mol. The second kappa shape index (κ2) is 7.97. The van der Waals surface area contributed by atoms with Gasteiger partial charge in [-0.15, -0.1) is 0 Å². The summed E-state index contributed by atoms with van der Waals surface area (Å²) >= 11 is 0. The maximum absolute atomic E-state index is 14.5. The van der Waals surface area contributed by atoms with E-state index in [1.165, 1.54) is 34.7 Å². The molecule has 0 spiro atoms. The van der Waals surface area contributed by atoms with Crippen molar-refractivity contribution in [2.24, 2.45) is 11.8 Å². The van der Waals surface area contributed by atoms with Crippen molar-refractivity contribution < 1.29 is 22.7 Å². The van der Waals surface area contributed by atoms with Crippen molar-refractivity contribution in [3.05, 3.63) is 71.3 Å². The largest absolute Gasteiger partial charge is 0.430 e. The van der Waals surface area contributed by atoms with Gasteiger partial charge in [0, 0.05) is 25.3 Å². The molecule has 3 nitrogen and oxygen atoms in total. The van der Waals surface area contributed by atoms with Crippen LogP contribution in [0.25, 0.3) is 0 Å². The number of piperidine rings is 1. The van der Waals surface area contributed by atoms with E-state index in [-0.39, 0.29) is 29.4 Å². The summed E-state index contributed by atoms with van der Waals surface area (Å²) in [6.07, 6.45) is -3.68. The van der Waals surface area contributed by atoms with Crippen LogP contribution in [-0.4, -0.2) is 36.7 Å². The van der Waals surface area contributed by atoms with Crippen molar-refractivity contribution in [3.8, 4) is 0 Å². The molecule has 1 saturated heterocycles. The Labute approximate surface area is 181 Å². The topological polar surface area (TPSA) is 29.5 Å². The molecule has 31 heavy (non-hydrogen) atoms. The second-order valence-corrected chi connectivity index (χ2v) is 8.93. The zero-order valence-corrected chi connectivity index (χ0v) is 18.0. The number of hydrogen-bond acceptors (Lipinski definition) is 2. The van der Waals surface area contributed by atoms with Crippen LogP contribution in [0, 0.1) is 11.8 Å². The molecule has 1 aliphatic heterocycles. The number of hydrogen-bond donors (Lipinski definition) is 0. The first-order valence-corrected chi connectivity index (χ1v) is 10.8. The van der Waals surface area contributed by atoms with Gasteiger partial charge >= 0.3 is 6.18 Å². The van der Waals surface area contributed by atoms with Crippen LogP contribution >= 0.6 is 0 Å². The van der Waals surface area contributed by atoms with Gasteiger partial charge < -0.3 is 9.64 Å². The summed E-state index contributed by atoms with van der Waals surface area (Å²) in [6, 6.07) is 15.1. The molecule has 1 amide bonds. The number of nitrogens with zero attached hydrogens (tertiary/aromatic N) is 1. The van der Waals surface area contributed by atoms with E-state index in [0.717, 1.165) is 12.7 Å². The quantitative estimate of drug-likeness (QED) is 0.657. The van der Waals surface area contributed by atoms with Crippen LogP contribution in [0.15, 0.2) is 54.6 Å². The number of amides is 1. The Bertz CT molecular complexity index is 943. The first-order valence-electron chi connectivity index (χ1n) is 10.8. The van der Waals surface area contributed by atoms with Crippen molar-refractivity contribution in [2.75, 3.05) is 13.7 Å². The predicted octanol–water partition coefficient (Wildman–Crippen LogP) is 5.30. The molecule has 4 atom stereocenters. The zero-order chi connectivity index (χ0) is 22.4. The third kappa shape index (κ3) is 3.36. The highest BCUT2D eigenvalue weighted by atomic mass is 19.4. The number of rotatable bonds is 4. The van der Waals surface area contributed by atoms with E-state index < -0.39 is 17.7 Å². The second-order valence-electron chi connectivity index (χ2n) is 8.93. The van der Waals surface area contributed by atoms with Gasteiger partial charge in [-0.1, -0.05) is 68.4 Å². The lowest BCUT2D eigenvalue weighted by Crippen LogP contribution is -2.63. The summed E-state index contributed by atoms with van der Waals surface area (Å²) < 4.78 is 48.6. The minimum atomic E-state index is -4.89. The molecule has 0 unspecified atom stereocenters. The Hall–Kier alpha value is -2.34. The number of fused-ring (bicyclic) bond motifs is 4. The molecular formula is C25H28F3NO2. The lowest BCUT2D eigenvalue weighted by molar-refractivity contribution is -0.272. The molecule has 2 bridgehead atoms. The van der Waals surface area contributed by atoms with Crippen molar-refractivity contribution in [2.45, 2.75) is 50.4 Å². The predicted molar refractivity (Wildman–Crippen MR) is 113 cm³/mol. The number of carbonyl (C=O) groups excluding carboxylic acids is 1. The van der Waals surface area contributed by atoms with Gasteiger partial charge in [0.15, 0.2) is 0 Å². The summed E-state index contributed by atoms with van der Waals surface area (Å²) in [5.74, 6) is -0.426. The summed E-state index contributed by atoms with van der Waals surface area (Å²) in [6.45, 7) is 4.48. The normalized spacial score (nSPS) is 25.1. The Kier molecular flexibility index (Phi) is 5.63. The molecular weight excluding hydrogens is 403 g/mol. The molecule has 0 saturated carbocycles. The van der Waals surface area contributed by atoms with Gasteiger partial charge in [0.2, 0.25) is 0 Å². The SMILES string of the molecule is CO[C@@](C(=O)N1CC[C@H]2c3ccccc3C[C@@H]1[C@@H]2C(C)C)(c1ccccc1)C(F)(F)F. The van der Waals surface area contributed by atoms with E-state index in [9.17, 15) is 18.0 Å². The molecule has 2 aromatic rings. The fourth-order valence-electron chi connectivity index (χ4n) is 5.79. The summed E-state index contributed by atoms with van der Waals surface area (Å²) in [4.78, 5) is 15.2. The third-order valence-electron chi connectivity index (χ3n) is 7.09. The van der Waals surface area contributed by atoms with E-state index in [1.807, 2.05) is 18.2 Å². The first-order chi connectivity index (χ1) is 14.7. The summed E-state index contributed by atoms with van der Waals surface area (Å²) in [5.41, 5.74) is -0.794. The minimum Gasteiger partial charge on any atom is -0.356 e. The van der Waals surface area contributed by atoms with E-state index in [2.05, 4.69) is 19.9 Å². The highest BCUT2D eigenvalue weighted by molar-refractivity contribution is 5.88. The molecule has 166 valence electrons. The lowest BCUT2D eigenvalue weighted by Gasteiger charge is -2.53. The van der Waals surface area contributed by atoms with Gasteiger partial charge in [-0.05, 0) is 41.7 Å². The molecule has 6 heteroatoms. The van der Waals surface area contributed by atoms with Gasteiger partial charge in [0.05, 0.1) is 0 Å². The Morgan fingerprint density at radius 3 is 2.32 bits per heavy atom. The molecule has 2 aliphatic rings. The number of likely N-dealkylation sites (tertiary alicyclic amines) is 1. The van der Waals surface area contributed by atoms with Crippen LogP contribution in [0.4, 0.5) is 13.2 Å². The van der Waals surface area contributed by atoms with Crippen LogP contribution in [0.3, 0.4) is 0 Å². The maximum atomic E-state index is 14.5. The van der Waals surface area contributed by atoms with Crippen molar-refractivity contribution >= 4 is 5.91 Å². The molecule has 0 radical (unpaired) electrons. The Morgan fingerprint density at radius 2 is 1.71 bits per heavy atom. The summed E-state index contributed by atoms with van der Waals surface area (Å²) in [5, 5.41) is 0. The molecule has 1 fully saturated rings. The zero-order valence-electron chi connectivity index (χ0n) is 18.0. The molecule has 1 heterocycles. The molecule has 0 aromatic heterocycles. The third-order valence-corrected chi connectivity index (χ3v) is 7.09. The van der Waals surface area contributed by atoms with Gasteiger partial charge in [0.25, 0.3) is 11.5 Å². The van der Waals surface area contributed by atoms with Crippen LogP contribution in [0.1, 0.15) is 42.9 Å². The highest BCUT2D eigenvalue weighted by Gasteiger charge is 2.65. The van der Waals surface area contributed by atoms with Gasteiger partial charge in [-0.25, -0.2) is 0 Å². The number of carbonyl (C=O) groups is 1. The smallest absolute Gasteiger partial charge is 0.356 e. The van der Waals surface area contributed by atoms with Gasteiger partial charge in [0.1, 0.15) is 0 Å². The van der Waals surface area contributed by atoms with Crippen LogP contribution < -0.4 is 0 Å².